The van der Waals surface area contributed by atoms with E-state index in [4.69, 9.17) is 11.6 Å². The van der Waals surface area contributed by atoms with E-state index in [-0.39, 0.29) is 17.5 Å². The second-order valence-electron chi connectivity index (χ2n) is 7.64. The van der Waals surface area contributed by atoms with Crippen molar-refractivity contribution >= 4 is 37.9 Å². The minimum Gasteiger partial charge on any atom is -0.504 e. The first kappa shape index (κ1) is 23.1. The van der Waals surface area contributed by atoms with Gasteiger partial charge in [-0.15, -0.1) is 21.0 Å². The molecule has 0 saturated heterocycles. The summed E-state index contributed by atoms with van der Waals surface area (Å²) in [5.74, 6) is -1.16. The molecule has 0 radical (unpaired) electrons. The minimum atomic E-state index is -0.687. The molecule has 0 heterocycles. The second-order valence-corrected chi connectivity index (χ2v) is 9.51. The number of hydrogen-bond acceptors (Lipinski definition) is 2. The summed E-state index contributed by atoms with van der Waals surface area (Å²) >= 11 is 8.13. The van der Waals surface area contributed by atoms with Gasteiger partial charge in [-0.25, -0.2) is 8.78 Å². The van der Waals surface area contributed by atoms with E-state index in [2.05, 4.69) is 9.24 Å². The van der Waals surface area contributed by atoms with E-state index in [1.54, 1.807) is 23.9 Å². The predicted octanol–water partition coefficient (Wildman–Crippen LogP) is 7.24. The third-order valence-corrected chi connectivity index (χ3v) is 6.80. The third-order valence-electron chi connectivity index (χ3n) is 5.23. The highest BCUT2D eigenvalue weighted by molar-refractivity contribution is 7.98. The first-order valence-corrected chi connectivity index (χ1v) is 11.7. The van der Waals surface area contributed by atoms with Crippen LogP contribution in [0.15, 0.2) is 41.3 Å². The molecular formula is C24H24ClF2OPS. The number of rotatable bonds is 5. The van der Waals surface area contributed by atoms with E-state index in [0.29, 0.717) is 27.9 Å². The Hall–Kier alpha value is -1.61. The van der Waals surface area contributed by atoms with Crippen LogP contribution in [0.5, 0.6) is 5.75 Å². The van der Waals surface area contributed by atoms with Crippen LogP contribution in [0, 0.1) is 18.6 Å². The summed E-state index contributed by atoms with van der Waals surface area (Å²) in [7, 11) is 2.32. The lowest BCUT2D eigenvalue weighted by atomic mass is 9.93. The lowest BCUT2D eigenvalue weighted by Gasteiger charge is -2.17. The molecule has 30 heavy (non-hydrogen) atoms. The number of benzene rings is 3. The van der Waals surface area contributed by atoms with Crippen molar-refractivity contribution in [3.05, 3.63) is 75.3 Å². The van der Waals surface area contributed by atoms with Crippen molar-refractivity contribution in [1.82, 2.24) is 0 Å². The molecule has 3 aromatic rings. The number of phenolic OH excluding ortho intramolecular Hbond substituents is 1. The molecule has 1 unspecified atom stereocenters. The van der Waals surface area contributed by atoms with Crippen LogP contribution in [0.3, 0.4) is 0 Å². The average Bonchev–Trinajstić information content (AvgIpc) is 2.68. The molecule has 0 fully saturated rings. The third kappa shape index (κ3) is 4.51. The molecule has 0 aliphatic rings. The molecule has 0 spiro atoms. The van der Waals surface area contributed by atoms with Gasteiger partial charge in [0.25, 0.3) is 0 Å². The lowest BCUT2D eigenvalue weighted by molar-refractivity contribution is 0.437. The number of thioether (sulfide) groups is 1. The van der Waals surface area contributed by atoms with Gasteiger partial charge in [-0.3, -0.25) is 0 Å². The van der Waals surface area contributed by atoms with Crippen molar-refractivity contribution in [1.29, 1.82) is 0 Å². The fourth-order valence-corrected chi connectivity index (χ4v) is 5.02. The van der Waals surface area contributed by atoms with Crippen molar-refractivity contribution in [2.24, 2.45) is 0 Å². The van der Waals surface area contributed by atoms with Crippen LogP contribution >= 0.6 is 32.6 Å². The Labute approximate surface area is 188 Å². The Bertz CT molecular complexity index is 1070. The highest BCUT2D eigenvalue weighted by atomic mass is 35.5. The van der Waals surface area contributed by atoms with Crippen molar-refractivity contribution < 1.29 is 13.9 Å². The molecule has 0 aliphatic heterocycles. The number of hydrogen-bond donors (Lipinski definition) is 1. The van der Waals surface area contributed by atoms with Crippen LogP contribution in [-0.2, 0) is 6.42 Å². The molecule has 0 aromatic heterocycles. The van der Waals surface area contributed by atoms with Gasteiger partial charge in [0.05, 0.1) is 0 Å². The predicted molar refractivity (Wildman–Crippen MR) is 128 cm³/mol. The van der Waals surface area contributed by atoms with Gasteiger partial charge in [-0.05, 0) is 71.2 Å². The summed E-state index contributed by atoms with van der Waals surface area (Å²) in [5.41, 5.74) is 4.44. The second kappa shape index (κ2) is 9.26. The molecular weight excluding hydrogens is 441 g/mol. The Kier molecular flexibility index (Phi) is 7.12. The summed E-state index contributed by atoms with van der Waals surface area (Å²) in [4.78, 5) is 0.951. The maximum Gasteiger partial charge on any atom is 0.166 e. The van der Waals surface area contributed by atoms with E-state index in [9.17, 15) is 9.50 Å². The molecule has 1 nitrogen and oxygen atoms in total. The Morgan fingerprint density at radius 2 is 1.77 bits per heavy atom. The lowest BCUT2D eigenvalue weighted by Crippen LogP contribution is -2.03. The summed E-state index contributed by atoms with van der Waals surface area (Å²) in [6.07, 6.45) is 2.33. The molecule has 6 heteroatoms. The van der Waals surface area contributed by atoms with Gasteiger partial charge in [0.2, 0.25) is 0 Å². The fraction of sp³-hybridized carbons (Fsp3) is 0.250. The number of halogens is 3. The number of aromatic hydroxyl groups is 1. The first-order chi connectivity index (χ1) is 14.1. The van der Waals surface area contributed by atoms with Crippen LogP contribution < -0.4 is 5.30 Å². The van der Waals surface area contributed by atoms with Gasteiger partial charge in [0.1, 0.15) is 5.82 Å². The number of phenols is 1. The Morgan fingerprint density at radius 1 is 1.10 bits per heavy atom. The summed E-state index contributed by atoms with van der Waals surface area (Å²) < 4.78 is 29.2. The molecule has 0 aliphatic carbocycles. The zero-order chi connectivity index (χ0) is 22.2. The summed E-state index contributed by atoms with van der Waals surface area (Å²) in [6.45, 7) is 5.90. The molecule has 3 rings (SSSR count). The minimum absolute atomic E-state index is 0.0804. The molecule has 0 bridgehead atoms. The van der Waals surface area contributed by atoms with Gasteiger partial charge in [-0.2, -0.15) is 0 Å². The monoisotopic (exact) mass is 464 g/mol. The van der Waals surface area contributed by atoms with Crippen molar-refractivity contribution in [3.8, 4) is 16.9 Å². The Morgan fingerprint density at radius 3 is 2.33 bits per heavy atom. The van der Waals surface area contributed by atoms with Crippen molar-refractivity contribution in [2.75, 3.05) is 6.26 Å². The molecule has 0 amide bonds. The fourth-order valence-electron chi connectivity index (χ4n) is 3.61. The zero-order valence-electron chi connectivity index (χ0n) is 17.3. The maximum absolute atomic E-state index is 15.3. The topological polar surface area (TPSA) is 20.2 Å². The first-order valence-electron chi connectivity index (χ1n) is 9.56. The SMILES string of the molecule is CSc1ccc(Cc2c(C)cc(-c3cc(F)c(O)c(P)c3)cc2Cl)c(F)c1C(C)C. The van der Waals surface area contributed by atoms with E-state index in [1.165, 1.54) is 6.07 Å². The maximum atomic E-state index is 15.3. The van der Waals surface area contributed by atoms with E-state index < -0.39 is 5.82 Å². The number of aryl methyl sites for hydroxylation is 1. The van der Waals surface area contributed by atoms with Crippen LogP contribution in [0.2, 0.25) is 5.02 Å². The van der Waals surface area contributed by atoms with Gasteiger partial charge in [0.15, 0.2) is 11.6 Å². The largest absolute Gasteiger partial charge is 0.504 e. The van der Waals surface area contributed by atoms with Gasteiger partial charge in [0, 0.05) is 27.2 Å². The molecule has 0 saturated carbocycles. The van der Waals surface area contributed by atoms with Gasteiger partial charge >= 0.3 is 0 Å². The van der Waals surface area contributed by atoms with E-state index >= 15 is 4.39 Å². The zero-order valence-corrected chi connectivity index (χ0v) is 20.0. The van der Waals surface area contributed by atoms with Crippen molar-refractivity contribution in [2.45, 2.75) is 38.0 Å². The van der Waals surface area contributed by atoms with Crippen LogP contribution in [0.25, 0.3) is 11.1 Å². The smallest absolute Gasteiger partial charge is 0.166 e. The quantitative estimate of drug-likeness (QED) is 0.317. The molecule has 158 valence electrons. The molecule has 1 atom stereocenters. The van der Waals surface area contributed by atoms with Crippen LogP contribution in [0.1, 0.15) is 42.0 Å². The van der Waals surface area contributed by atoms with Gasteiger partial charge < -0.3 is 5.11 Å². The molecule has 3 aromatic carbocycles. The van der Waals surface area contributed by atoms with E-state index in [0.717, 1.165) is 27.1 Å². The summed E-state index contributed by atoms with van der Waals surface area (Å²) in [6, 6.07) is 10.4. The van der Waals surface area contributed by atoms with Crippen molar-refractivity contribution in [3.63, 3.8) is 0 Å². The van der Waals surface area contributed by atoms with E-state index in [1.807, 2.05) is 45.2 Å². The average molecular weight is 465 g/mol. The molecule has 1 N–H and O–H groups in total. The van der Waals surface area contributed by atoms with Gasteiger partial charge in [-0.1, -0.05) is 37.6 Å². The standard InChI is InChI=1S/C24H24ClF2OPS/c1-12(2)22-21(30-4)6-5-14(23(22)27)8-17-13(3)7-15(9-18(17)25)16-10-19(26)24(28)20(29)11-16/h5-7,9-12,28H,8,29H2,1-4H3. The van der Waals surface area contributed by atoms with Crippen LogP contribution in [-0.4, -0.2) is 11.4 Å². The summed E-state index contributed by atoms with van der Waals surface area (Å²) in [5, 5.41) is 10.5. The highest BCUT2D eigenvalue weighted by Gasteiger charge is 2.18. The highest BCUT2D eigenvalue weighted by Crippen LogP contribution is 2.35. The van der Waals surface area contributed by atoms with Crippen LogP contribution in [0.4, 0.5) is 8.78 Å². The Balaban J connectivity index is 2.03. The normalized spacial score (nSPS) is 11.4.